The molecule has 0 aliphatic carbocycles. The van der Waals surface area contributed by atoms with E-state index >= 15 is 0 Å². The Morgan fingerprint density at radius 3 is 1.02 bits per heavy atom. The fraction of sp³-hybridized carbons (Fsp3) is 0.800. The highest BCUT2D eigenvalue weighted by Gasteiger charge is 2.26. The van der Waals surface area contributed by atoms with Crippen LogP contribution >= 0.6 is 7.82 Å². The van der Waals surface area contributed by atoms with E-state index in [-0.39, 0.29) is 38.6 Å². The van der Waals surface area contributed by atoms with Gasteiger partial charge in [0, 0.05) is 19.4 Å². The summed E-state index contributed by atoms with van der Waals surface area (Å²) in [6.07, 6.45) is 85.6. The number of esters is 2. The quantitative estimate of drug-likeness (QED) is 0.0264. The average Bonchev–Trinajstić information content (AvgIpc) is 3.45. The zero-order valence-corrected chi connectivity index (χ0v) is 53.2. The number of ether oxygens (including phenoxy) is 2. The number of unbranched alkanes of at least 4 members (excludes halogenated alkanes) is 39. The van der Waals surface area contributed by atoms with Crippen molar-refractivity contribution in [3.8, 4) is 0 Å². The van der Waals surface area contributed by atoms with E-state index in [1.807, 2.05) is 0 Å². The number of nitrogens with two attached hydrogens (primary N) is 1. The minimum Gasteiger partial charge on any atom is -0.462 e. The summed E-state index contributed by atoms with van der Waals surface area (Å²) in [6, 6.07) is 0. The number of carbonyl (C=O) groups excluding carboxylic acids is 2. The number of hydrogen-bond acceptors (Lipinski definition) is 8. The monoisotopic (exact) mass is 1140 g/mol. The van der Waals surface area contributed by atoms with Crippen LogP contribution in [-0.4, -0.2) is 49.3 Å². The third kappa shape index (κ3) is 64.6. The van der Waals surface area contributed by atoms with Crippen molar-refractivity contribution in [3.63, 3.8) is 0 Å². The predicted molar refractivity (Wildman–Crippen MR) is 344 cm³/mol. The van der Waals surface area contributed by atoms with Gasteiger partial charge in [0.05, 0.1) is 13.2 Å². The van der Waals surface area contributed by atoms with Gasteiger partial charge in [-0.15, -0.1) is 0 Å². The fourth-order valence-electron chi connectivity index (χ4n) is 9.88. The summed E-state index contributed by atoms with van der Waals surface area (Å²) in [5.74, 6) is -0.810. The summed E-state index contributed by atoms with van der Waals surface area (Å²) in [5, 5.41) is 0. The van der Waals surface area contributed by atoms with E-state index in [9.17, 15) is 19.0 Å². The Bertz CT molecular complexity index is 1540. The van der Waals surface area contributed by atoms with Gasteiger partial charge in [0.15, 0.2) is 6.10 Å². The molecule has 10 heteroatoms. The Hall–Kier alpha value is -2.55. The van der Waals surface area contributed by atoms with Crippen LogP contribution < -0.4 is 5.73 Å². The summed E-state index contributed by atoms with van der Waals surface area (Å²) < 4.78 is 33.2. The average molecular weight is 1140 g/mol. The van der Waals surface area contributed by atoms with Crippen molar-refractivity contribution in [2.24, 2.45) is 5.73 Å². The molecule has 0 fully saturated rings. The highest BCUT2D eigenvalue weighted by molar-refractivity contribution is 7.47. The molecule has 0 radical (unpaired) electrons. The molecule has 0 amide bonds. The largest absolute Gasteiger partial charge is 0.472 e. The summed E-state index contributed by atoms with van der Waals surface area (Å²) >= 11 is 0. The molecule has 0 bridgehead atoms. The Balaban J connectivity index is 3.84. The molecule has 0 aromatic carbocycles. The highest BCUT2D eigenvalue weighted by Crippen LogP contribution is 2.43. The van der Waals surface area contributed by atoms with E-state index in [1.54, 1.807) is 0 Å². The van der Waals surface area contributed by atoms with Gasteiger partial charge in [0.2, 0.25) is 0 Å². The third-order valence-corrected chi connectivity index (χ3v) is 15.8. The molecule has 0 aliphatic rings. The van der Waals surface area contributed by atoms with E-state index in [0.717, 1.165) is 77.0 Å². The first-order valence-corrected chi connectivity index (χ1v) is 35.4. The molecule has 2 unspecified atom stereocenters. The molecule has 3 N–H and O–H groups in total. The van der Waals surface area contributed by atoms with Gasteiger partial charge < -0.3 is 20.1 Å². The van der Waals surface area contributed by atoms with Gasteiger partial charge in [0.25, 0.3) is 0 Å². The first-order chi connectivity index (χ1) is 39.3. The lowest BCUT2D eigenvalue weighted by molar-refractivity contribution is -0.161. The van der Waals surface area contributed by atoms with Gasteiger partial charge in [-0.1, -0.05) is 324 Å². The molecule has 80 heavy (non-hydrogen) atoms. The maximum atomic E-state index is 12.8. The summed E-state index contributed by atoms with van der Waals surface area (Å²) in [6.45, 7) is 3.69. The SMILES string of the molecule is CC/C=C\C/C=C\C/C=C\C/C=C\C/C=C\C/C=C\CCCCCCCCCCCCCCCCCCCCC(=O)OC(COC(=O)CCCCCCCCCCCCCCCCCCCCCCCC)COP(=O)(O)OCCN. The Morgan fingerprint density at radius 2 is 0.688 bits per heavy atom. The molecule has 0 aromatic rings. The molecule has 466 valence electrons. The van der Waals surface area contributed by atoms with Crippen LogP contribution in [0.4, 0.5) is 0 Å². The molecular weight excluding hydrogens is 1010 g/mol. The topological polar surface area (TPSA) is 134 Å². The van der Waals surface area contributed by atoms with Crippen LogP contribution in [0.2, 0.25) is 0 Å². The zero-order chi connectivity index (χ0) is 58.0. The number of phosphoric ester groups is 1. The van der Waals surface area contributed by atoms with Crippen LogP contribution in [0.5, 0.6) is 0 Å². The number of carbonyl (C=O) groups is 2. The molecule has 0 saturated heterocycles. The lowest BCUT2D eigenvalue weighted by Gasteiger charge is -2.19. The van der Waals surface area contributed by atoms with E-state index in [0.29, 0.717) is 6.42 Å². The maximum absolute atomic E-state index is 12.8. The lowest BCUT2D eigenvalue weighted by Crippen LogP contribution is -2.29. The first kappa shape index (κ1) is 77.5. The van der Waals surface area contributed by atoms with E-state index in [1.165, 1.54) is 218 Å². The van der Waals surface area contributed by atoms with Crippen molar-refractivity contribution in [3.05, 3.63) is 72.9 Å². The van der Waals surface area contributed by atoms with Crippen LogP contribution in [0.1, 0.15) is 328 Å². The fourth-order valence-corrected chi connectivity index (χ4v) is 10.6. The predicted octanol–water partition coefficient (Wildman–Crippen LogP) is 22.0. The van der Waals surface area contributed by atoms with E-state index in [4.69, 9.17) is 24.3 Å². The summed E-state index contributed by atoms with van der Waals surface area (Å²) in [4.78, 5) is 35.3. The summed E-state index contributed by atoms with van der Waals surface area (Å²) in [5.41, 5.74) is 5.40. The van der Waals surface area contributed by atoms with Crippen LogP contribution in [0.3, 0.4) is 0 Å². The molecule has 0 aromatic heterocycles. The van der Waals surface area contributed by atoms with Crippen LogP contribution in [0.25, 0.3) is 0 Å². The number of rotatable bonds is 64. The van der Waals surface area contributed by atoms with Gasteiger partial charge in [-0.25, -0.2) is 4.57 Å². The molecule has 0 heterocycles. The van der Waals surface area contributed by atoms with Gasteiger partial charge in [-0.05, 0) is 64.2 Å². The second-order valence-corrected chi connectivity index (χ2v) is 24.1. The Morgan fingerprint density at radius 1 is 0.388 bits per heavy atom. The molecular formula is C70H128NO8P. The van der Waals surface area contributed by atoms with Crippen molar-refractivity contribution in [2.45, 2.75) is 335 Å². The second kappa shape index (κ2) is 65.6. The zero-order valence-electron chi connectivity index (χ0n) is 52.3. The van der Waals surface area contributed by atoms with Crippen molar-refractivity contribution in [1.82, 2.24) is 0 Å². The Kier molecular flexibility index (Phi) is 63.5. The normalized spacial score (nSPS) is 13.4. The second-order valence-electron chi connectivity index (χ2n) is 22.7. The molecule has 9 nitrogen and oxygen atoms in total. The molecule has 2 atom stereocenters. The lowest BCUT2D eigenvalue weighted by atomic mass is 10.0. The Labute approximate surface area is 494 Å². The van der Waals surface area contributed by atoms with Crippen molar-refractivity contribution >= 4 is 19.8 Å². The van der Waals surface area contributed by atoms with E-state index < -0.39 is 26.5 Å². The van der Waals surface area contributed by atoms with Crippen molar-refractivity contribution in [2.75, 3.05) is 26.4 Å². The van der Waals surface area contributed by atoms with Gasteiger partial charge in [0.1, 0.15) is 6.61 Å². The van der Waals surface area contributed by atoms with Crippen LogP contribution in [0.15, 0.2) is 72.9 Å². The molecule has 0 saturated carbocycles. The molecule has 0 rings (SSSR count). The van der Waals surface area contributed by atoms with Gasteiger partial charge >= 0.3 is 19.8 Å². The van der Waals surface area contributed by atoms with Crippen molar-refractivity contribution < 1.29 is 37.6 Å². The third-order valence-electron chi connectivity index (χ3n) is 14.9. The number of allylic oxidation sites excluding steroid dienone is 12. The van der Waals surface area contributed by atoms with Crippen molar-refractivity contribution in [1.29, 1.82) is 0 Å². The standard InChI is InChI=1S/C70H128NO8P/c1-3-5-7-9-11-13-15-17-19-21-23-25-27-28-29-30-31-32-33-34-35-36-37-38-39-40-41-43-45-47-49-51-53-55-57-59-61-63-70(73)79-68(67-78-80(74,75)77-65-64-71)66-76-69(72)62-60-58-56-54-52-50-48-46-44-42-26-24-22-20-18-16-14-12-10-8-6-4-2/h5,7,11,13,17,19,23,25,28-29,31-32,68H,3-4,6,8-10,12,14-16,18,20-22,24,26-27,30,33-67,71H2,1-2H3,(H,74,75)/b7-5-,13-11-,19-17-,25-23-,29-28-,32-31-. The van der Waals surface area contributed by atoms with Crippen LogP contribution in [0, 0.1) is 0 Å². The minimum atomic E-state index is -4.39. The smallest absolute Gasteiger partial charge is 0.462 e. The first-order valence-electron chi connectivity index (χ1n) is 33.9. The highest BCUT2D eigenvalue weighted by atomic mass is 31.2. The maximum Gasteiger partial charge on any atom is 0.472 e. The van der Waals surface area contributed by atoms with Crippen LogP contribution in [-0.2, 0) is 32.7 Å². The van der Waals surface area contributed by atoms with E-state index in [2.05, 4.69) is 86.8 Å². The number of phosphoric acid groups is 1. The summed E-state index contributed by atoms with van der Waals surface area (Å²) in [7, 11) is -4.39. The van der Waals surface area contributed by atoms with Gasteiger partial charge in [-0.2, -0.15) is 0 Å². The van der Waals surface area contributed by atoms with Gasteiger partial charge in [-0.3, -0.25) is 18.6 Å². The number of hydrogen-bond donors (Lipinski definition) is 2. The minimum absolute atomic E-state index is 0.0544. The molecule has 0 aliphatic heterocycles. The molecule has 0 spiro atoms.